The van der Waals surface area contributed by atoms with E-state index < -0.39 is 17.0 Å². The molecule has 4 rings (SSSR count). The van der Waals surface area contributed by atoms with E-state index in [1.807, 2.05) is 6.08 Å². The summed E-state index contributed by atoms with van der Waals surface area (Å²) in [7, 11) is 0. The van der Waals surface area contributed by atoms with Gasteiger partial charge in [0.1, 0.15) is 0 Å². The number of hydrogen-bond donors (Lipinski definition) is 0. The smallest absolute Gasteiger partial charge is 0.303 e. The molecule has 0 saturated heterocycles. The minimum atomic E-state index is -1.19. The molecule has 4 nitrogen and oxygen atoms in total. The van der Waals surface area contributed by atoms with Crippen LogP contribution in [0, 0.1) is 28.6 Å². The Bertz CT molecular complexity index is 807. The average molecular weight is 385 g/mol. The standard InChI is InChI=1S/C24H32O4/c1-14-12-21-19-7-6-17-13-18(27)8-10-22(17,4)20(19)9-11-23(21,5)24(14,15(2)25)28-16(3)26/h13,19-21H,1,6-12H2,2-5H3/t19-,20?,21?,22+,23+,24+/m1/s1. The number of rotatable bonds is 2. The summed E-state index contributed by atoms with van der Waals surface area (Å²) in [4.78, 5) is 36.8. The number of hydrogen-bond acceptors (Lipinski definition) is 4. The lowest BCUT2D eigenvalue weighted by molar-refractivity contribution is -0.181. The predicted molar refractivity (Wildman–Crippen MR) is 106 cm³/mol. The molecular formula is C24H32O4. The first-order valence-electron chi connectivity index (χ1n) is 10.7. The second-order valence-electron chi connectivity index (χ2n) is 10.1. The number of Topliss-reactive ketones (excluding diaryl/α,β-unsaturated/α-hetero) is 1. The van der Waals surface area contributed by atoms with Gasteiger partial charge in [-0.15, -0.1) is 0 Å². The lowest BCUT2D eigenvalue weighted by Gasteiger charge is -2.58. The van der Waals surface area contributed by atoms with Crippen molar-refractivity contribution in [2.45, 2.75) is 78.2 Å². The van der Waals surface area contributed by atoms with Crippen molar-refractivity contribution in [3.8, 4) is 0 Å². The maximum atomic E-state index is 12.9. The van der Waals surface area contributed by atoms with Gasteiger partial charge in [0.05, 0.1) is 0 Å². The van der Waals surface area contributed by atoms with E-state index in [4.69, 9.17) is 4.74 Å². The number of carbonyl (C=O) groups is 3. The van der Waals surface area contributed by atoms with Crippen LogP contribution in [0.1, 0.15) is 72.6 Å². The fourth-order valence-electron chi connectivity index (χ4n) is 7.63. The summed E-state index contributed by atoms with van der Waals surface area (Å²) < 4.78 is 5.83. The molecule has 0 aromatic heterocycles. The van der Waals surface area contributed by atoms with Crippen LogP contribution in [0.4, 0.5) is 0 Å². The Hall–Kier alpha value is -1.71. The van der Waals surface area contributed by atoms with Gasteiger partial charge in [-0.05, 0) is 80.3 Å². The Morgan fingerprint density at radius 2 is 1.82 bits per heavy atom. The third kappa shape index (κ3) is 2.32. The highest BCUT2D eigenvalue weighted by Crippen LogP contribution is 2.69. The summed E-state index contributed by atoms with van der Waals surface area (Å²) in [5, 5.41) is 0. The zero-order valence-electron chi connectivity index (χ0n) is 17.6. The molecule has 6 atom stereocenters. The number of allylic oxidation sites excluding steroid dienone is 1. The van der Waals surface area contributed by atoms with Crippen LogP contribution in [0.2, 0.25) is 0 Å². The third-order valence-electron chi connectivity index (χ3n) is 8.91. The molecule has 2 unspecified atom stereocenters. The number of ketones is 2. The van der Waals surface area contributed by atoms with Gasteiger partial charge in [0.25, 0.3) is 0 Å². The van der Waals surface area contributed by atoms with Gasteiger partial charge >= 0.3 is 5.97 Å². The molecular weight excluding hydrogens is 352 g/mol. The van der Waals surface area contributed by atoms with Gasteiger partial charge in [-0.25, -0.2) is 0 Å². The molecule has 0 aliphatic heterocycles. The van der Waals surface area contributed by atoms with Crippen molar-refractivity contribution in [1.29, 1.82) is 0 Å². The van der Waals surface area contributed by atoms with E-state index >= 15 is 0 Å². The Balaban J connectivity index is 1.75. The van der Waals surface area contributed by atoms with Gasteiger partial charge in [-0.1, -0.05) is 26.0 Å². The minimum absolute atomic E-state index is 0.0857. The molecule has 4 aliphatic carbocycles. The molecule has 0 N–H and O–H groups in total. The van der Waals surface area contributed by atoms with Crippen molar-refractivity contribution in [3.63, 3.8) is 0 Å². The Morgan fingerprint density at radius 3 is 2.46 bits per heavy atom. The molecule has 0 spiro atoms. The molecule has 0 aromatic carbocycles. The van der Waals surface area contributed by atoms with Gasteiger partial charge in [-0.2, -0.15) is 0 Å². The first-order valence-corrected chi connectivity index (χ1v) is 10.7. The van der Waals surface area contributed by atoms with Crippen LogP contribution >= 0.6 is 0 Å². The Kier molecular flexibility index (Phi) is 4.30. The van der Waals surface area contributed by atoms with Crippen LogP contribution in [0.15, 0.2) is 23.8 Å². The predicted octanol–water partition coefficient (Wildman–Crippen LogP) is 4.58. The summed E-state index contributed by atoms with van der Waals surface area (Å²) in [6, 6.07) is 0. The van der Waals surface area contributed by atoms with E-state index in [0.29, 0.717) is 18.3 Å². The highest BCUT2D eigenvalue weighted by atomic mass is 16.6. The second-order valence-corrected chi connectivity index (χ2v) is 10.1. The maximum absolute atomic E-state index is 12.9. The molecule has 0 bridgehead atoms. The highest BCUT2D eigenvalue weighted by molar-refractivity contribution is 5.93. The van der Waals surface area contributed by atoms with Gasteiger partial charge in [0.2, 0.25) is 0 Å². The van der Waals surface area contributed by atoms with Crippen LogP contribution in [0.3, 0.4) is 0 Å². The van der Waals surface area contributed by atoms with Crippen molar-refractivity contribution < 1.29 is 19.1 Å². The van der Waals surface area contributed by atoms with Crippen molar-refractivity contribution in [3.05, 3.63) is 23.8 Å². The van der Waals surface area contributed by atoms with Crippen LogP contribution in [0.25, 0.3) is 0 Å². The van der Waals surface area contributed by atoms with Crippen molar-refractivity contribution in [2.75, 3.05) is 0 Å². The van der Waals surface area contributed by atoms with Gasteiger partial charge < -0.3 is 4.74 Å². The molecule has 152 valence electrons. The number of carbonyl (C=O) groups excluding carboxylic acids is 3. The molecule has 3 fully saturated rings. The van der Waals surface area contributed by atoms with Crippen molar-refractivity contribution in [2.24, 2.45) is 28.6 Å². The zero-order chi connectivity index (χ0) is 20.5. The van der Waals surface area contributed by atoms with E-state index in [-0.39, 0.29) is 22.9 Å². The fourth-order valence-corrected chi connectivity index (χ4v) is 7.63. The average Bonchev–Trinajstić information content (AvgIpc) is 2.83. The molecule has 4 heteroatoms. The summed E-state index contributed by atoms with van der Waals surface area (Å²) >= 11 is 0. The van der Waals surface area contributed by atoms with Crippen molar-refractivity contribution >= 4 is 17.5 Å². The summed E-state index contributed by atoms with van der Waals surface area (Å²) in [6.07, 6.45) is 8.10. The zero-order valence-corrected chi connectivity index (χ0v) is 17.6. The van der Waals surface area contributed by atoms with Gasteiger partial charge in [-0.3, -0.25) is 14.4 Å². The first kappa shape index (κ1) is 19.6. The molecule has 0 amide bonds. The maximum Gasteiger partial charge on any atom is 0.303 e. The molecule has 4 aliphatic rings. The number of ether oxygens (including phenoxy) is 1. The highest BCUT2D eigenvalue weighted by Gasteiger charge is 2.69. The van der Waals surface area contributed by atoms with Crippen LogP contribution in [-0.2, 0) is 19.1 Å². The van der Waals surface area contributed by atoms with Crippen molar-refractivity contribution in [1.82, 2.24) is 0 Å². The van der Waals surface area contributed by atoms with Gasteiger partial charge in [0, 0.05) is 18.8 Å². The van der Waals surface area contributed by atoms with E-state index in [1.165, 1.54) is 12.5 Å². The summed E-state index contributed by atoms with van der Waals surface area (Å²) in [5.74, 6) is 1.05. The second kappa shape index (κ2) is 6.14. The number of fused-ring (bicyclic) bond motifs is 5. The monoisotopic (exact) mass is 384 g/mol. The van der Waals surface area contributed by atoms with E-state index in [0.717, 1.165) is 44.1 Å². The van der Waals surface area contributed by atoms with E-state index in [9.17, 15) is 14.4 Å². The van der Waals surface area contributed by atoms with E-state index in [2.05, 4.69) is 20.4 Å². The Morgan fingerprint density at radius 1 is 1.11 bits per heavy atom. The Labute approximate surface area is 167 Å². The molecule has 3 saturated carbocycles. The quantitative estimate of drug-likeness (QED) is 0.517. The number of esters is 1. The summed E-state index contributed by atoms with van der Waals surface area (Å²) in [6.45, 7) is 11.7. The summed E-state index contributed by atoms with van der Waals surface area (Å²) in [5.41, 5.74) is 0.609. The van der Waals surface area contributed by atoms with Gasteiger partial charge in [0.15, 0.2) is 17.2 Å². The molecule has 0 radical (unpaired) electrons. The fraction of sp³-hybridized carbons (Fsp3) is 0.708. The molecule has 0 heterocycles. The largest absolute Gasteiger partial charge is 0.446 e. The van der Waals surface area contributed by atoms with Crippen LogP contribution in [0.5, 0.6) is 0 Å². The SMILES string of the molecule is C=C1CC2[C@@H]3CCC4=CC(=O)CC[C@]4(C)C3CC[C@]2(C)[C@@]1(OC(C)=O)C(C)=O. The molecule has 0 aromatic rings. The topological polar surface area (TPSA) is 60.4 Å². The normalized spacial score (nSPS) is 44.9. The lowest BCUT2D eigenvalue weighted by atomic mass is 9.46. The lowest BCUT2D eigenvalue weighted by Crippen LogP contribution is -2.59. The third-order valence-corrected chi connectivity index (χ3v) is 8.91. The minimum Gasteiger partial charge on any atom is -0.446 e. The first-order chi connectivity index (χ1) is 13.1. The van der Waals surface area contributed by atoms with Crippen LogP contribution < -0.4 is 0 Å². The van der Waals surface area contributed by atoms with E-state index in [1.54, 1.807) is 6.92 Å². The van der Waals surface area contributed by atoms with Crippen LogP contribution in [-0.4, -0.2) is 23.1 Å². The molecule has 28 heavy (non-hydrogen) atoms.